The summed E-state index contributed by atoms with van der Waals surface area (Å²) >= 11 is 11.9. The van der Waals surface area contributed by atoms with Crippen molar-refractivity contribution in [3.8, 4) is 6.07 Å². The van der Waals surface area contributed by atoms with Crippen LogP contribution in [0.15, 0.2) is 53.9 Å². The molecule has 1 aliphatic heterocycles. The van der Waals surface area contributed by atoms with Crippen LogP contribution in [0.4, 0.5) is 11.4 Å². The van der Waals surface area contributed by atoms with Crippen molar-refractivity contribution < 1.29 is 14.3 Å². The number of ketones is 1. The van der Waals surface area contributed by atoms with Gasteiger partial charge in [-0.3, -0.25) is 9.59 Å². The van der Waals surface area contributed by atoms with Crippen LogP contribution < -0.4 is 9.80 Å². The van der Waals surface area contributed by atoms with Crippen molar-refractivity contribution in [2.75, 3.05) is 30.5 Å². The standard InChI is InChI=1S/C21H17Cl2N3O3/c1-25-17-5-3-4-6-18(17)26(2)21(25)15(11-24)19(27)12-29-20(28)9-13-7-8-14(22)10-16(13)23/h3-8,10H,9,12H2,1-2H3. The van der Waals surface area contributed by atoms with Crippen molar-refractivity contribution in [2.24, 2.45) is 0 Å². The average molecular weight is 430 g/mol. The summed E-state index contributed by atoms with van der Waals surface area (Å²) in [4.78, 5) is 28.3. The minimum atomic E-state index is -0.624. The average Bonchev–Trinajstić information content (AvgIpc) is 2.95. The minimum absolute atomic E-state index is 0.0801. The summed E-state index contributed by atoms with van der Waals surface area (Å²) in [6.45, 7) is -0.533. The Morgan fingerprint density at radius 2 is 1.69 bits per heavy atom. The molecule has 29 heavy (non-hydrogen) atoms. The van der Waals surface area contributed by atoms with Gasteiger partial charge in [0.1, 0.15) is 17.5 Å². The van der Waals surface area contributed by atoms with Gasteiger partial charge in [-0.05, 0) is 29.8 Å². The summed E-state index contributed by atoms with van der Waals surface area (Å²) in [7, 11) is 3.55. The van der Waals surface area contributed by atoms with E-state index in [2.05, 4.69) is 0 Å². The maximum Gasteiger partial charge on any atom is 0.310 e. The smallest absolute Gasteiger partial charge is 0.310 e. The topological polar surface area (TPSA) is 73.6 Å². The van der Waals surface area contributed by atoms with Gasteiger partial charge in [0.2, 0.25) is 5.78 Å². The largest absolute Gasteiger partial charge is 0.457 e. The van der Waals surface area contributed by atoms with Crippen LogP contribution in [-0.4, -0.2) is 32.5 Å². The fourth-order valence-corrected chi connectivity index (χ4v) is 3.62. The van der Waals surface area contributed by atoms with E-state index in [0.29, 0.717) is 21.4 Å². The molecular weight excluding hydrogens is 413 g/mol. The number of fused-ring (bicyclic) bond motifs is 1. The van der Waals surface area contributed by atoms with Gasteiger partial charge >= 0.3 is 5.97 Å². The van der Waals surface area contributed by atoms with Gasteiger partial charge in [0.05, 0.1) is 17.8 Å². The zero-order valence-electron chi connectivity index (χ0n) is 15.8. The molecule has 0 spiro atoms. The van der Waals surface area contributed by atoms with Gasteiger partial charge in [-0.1, -0.05) is 41.4 Å². The van der Waals surface area contributed by atoms with Crippen molar-refractivity contribution in [1.82, 2.24) is 0 Å². The Labute approximate surface area is 178 Å². The zero-order chi connectivity index (χ0) is 21.1. The summed E-state index contributed by atoms with van der Waals surface area (Å²) in [6, 6.07) is 14.3. The van der Waals surface area contributed by atoms with E-state index in [-0.39, 0.29) is 12.0 Å². The lowest BCUT2D eigenvalue weighted by atomic mass is 10.1. The van der Waals surface area contributed by atoms with Crippen LogP contribution >= 0.6 is 23.2 Å². The number of carbonyl (C=O) groups excluding carboxylic acids is 2. The Kier molecular flexibility index (Phi) is 6.12. The third-order valence-electron chi connectivity index (χ3n) is 4.57. The van der Waals surface area contributed by atoms with Crippen LogP contribution in [0.3, 0.4) is 0 Å². The Bertz CT molecular complexity index is 1030. The second kappa shape index (κ2) is 8.56. The SMILES string of the molecule is CN1C(=C(C#N)C(=O)COC(=O)Cc2ccc(Cl)cc2Cl)N(C)c2ccccc21. The molecule has 0 radical (unpaired) electrons. The summed E-state index contributed by atoms with van der Waals surface area (Å²) < 4.78 is 5.08. The lowest BCUT2D eigenvalue weighted by Crippen LogP contribution is -2.28. The number of anilines is 2. The second-order valence-corrected chi connectivity index (χ2v) is 7.26. The van der Waals surface area contributed by atoms with Gasteiger partial charge in [0, 0.05) is 24.1 Å². The molecule has 0 aliphatic carbocycles. The second-order valence-electron chi connectivity index (χ2n) is 6.41. The molecule has 0 N–H and O–H groups in total. The molecule has 0 saturated heterocycles. The quantitative estimate of drug-likeness (QED) is 0.406. The number of carbonyl (C=O) groups is 2. The molecule has 0 atom stereocenters. The highest BCUT2D eigenvalue weighted by molar-refractivity contribution is 6.35. The molecule has 0 fully saturated rings. The Morgan fingerprint density at radius 3 is 2.24 bits per heavy atom. The lowest BCUT2D eigenvalue weighted by molar-refractivity contribution is -0.146. The number of ether oxygens (including phenoxy) is 1. The van der Waals surface area contributed by atoms with Gasteiger partial charge in [-0.15, -0.1) is 0 Å². The molecular formula is C21H17Cl2N3O3. The monoisotopic (exact) mass is 429 g/mol. The fraction of sp³-hybridized carbons (Fsp3) is 0.190. The van der Waals surface area contributed by atoms with Crippen LogP contribution in [0, 0.1) is 11.3 Å². The summed E-state index contributed by atoms with van der Waals surface area (Å²) in [5.41, 5.74) is 2.21. The molecule has 3 rings (SSSR count). The Morgan fingerprint density at radius 1 is 1.07 bits per heavy atom. The first kappa shape index (κ1) is 20.7. The van der Waals surface area contributed by atoms with Gasteiger partial charge in [0.15, 0.2) is 6.61 Å². The van der Waals surface area contributed by atoms with E-state index < -0.39 is 18.4 Å². The highest BCUT2D eigenvalue weighted by Gasteiger charge is 2.31. The van der Waals surface area contributed by atoms with E-state index in [9.17, 15) is 14.9 Å². The number of rotatable bonds is 5. The molecule has 6 nitrogen and oxygen atoms in total. The van der Waals surface area contributed by atoms with Crippen LogP contribution in [0.1, 0.15) is 5.56 Å². The van der Waals surface area contributed by atoms with Gasteiger partial charge < -0.3 is 14.5 Å². The van der Waals surface area contributed by atoms with Crippen molar-refractivity contribution in [3.63, 3.8) is 0 Å². The number of benzene rings is 2. The summed E-state index contributed by atoms with van der Waals surface area (Å²) in [5.74, 6) is -0.763. The molecule has 8 heteroatoms. The van der Waals surface area contributed by atoms with Crippen molar-refractivity contribution >= 4 is 46.3 Å². The van der Waals surface area contributed by atoms with Gasteiger partial charge in [0.25, 0.3) is 0 Å². The number of halogens is 2. The maximum absolute atomic E-state index is 12.6. The van der Waals surface area contributed by atoms with E-state index in [0.717, 1.165) is 11.4 Å². The Balaban J connectivity index is 1.72. The highest BCUT2D eigenvalue weighted by Crippen LogP contribution is 2.40. The molecule has 1 heterocycles. The summed E-state index contributed by atoms with van der Waals surface area (Å²) in [6.07, 6.45) is -0.104. The number of esters is 1. The van der Waals surface area contributed by atoms with Crippen LogP contribution in [0.25, 0.3) is 0 Å². The number of hydrogen-bond acceptors (Lipinski definition) is 6. The molecule has 0 aromatic heterocycles. The first-order valence-electron chi connectivity index (χ1n) is 8.67. The van der Waals surface area contributed by atoms with Crippen molar-refractivity contribution in [1.29, 1.82) is 5.26 Å². The number of hydrogen-bond donors (Lipinski definition) is 0. The van der Waals surface area contributed by atoms with E-state index in [1.165, 1.54) is 6.07 Å². The zero-order valence-corrected chi connectivity index (χ0v) is 17.3. The molecule has 2 aromatic rings. The third-order valence-corrected chi connectivity index (χ3v) is 5.16. The molecule has 0 unspecified atom stereocenters. The van der Waals surface area contributed by atoms with E-state index in [1.54, 1.807) is 36.0 Å². The fourth-order valence-electron chi connectivity index (χ4n) is 3.15. The number of nitriles is 1. The number of nitrogens with zero attached hydrogens (tertiary/aromatic N) is 3. The van der Waals surface area contributed by atoms with E-state index >= 15 is 0 Å². The molecule has 0 saturated carbocycles. The van der Waals surface area contributed by atoms with Crippen LogP contribution in [0.2, 0.25) is 10.0 Å². The van der Waals surface area contributed by atoms with Crippen LogP contribution in [-0.2, 0) is 20.7 Å². The first-order valence-corrected chi connectivity index (χ1v) is 9.42. The van der Waals surface area contributed by atoms with Gasteiger partial charge in [-0.25, -0.2) is 0 Å². The van der Waals surface area contributed by atoms with Gasteiger partial charge in [-0.2, -0.15) is 5.26 Å². The molecule has 148 valence electrons. The van der Waals surface area contributed by atoms with Crippen molar-refractivity contribution in [3.05, 3.63) is 69.5 Å². The predicted octanol–water partition coefficient (Wildman–Crippen LogP) is 3.97. The normalized spacial score (nSPS) is 12.4. The highest BCUT2D eigenvalue weighted by atomic mass is 35.5. The minimum Gasteiger partial charge on any atom is -0.457 e. The molecule has 2 aromatic carbocycles. The summed E-state index contributed by atoms with van der Waals surface area (Å²) in [5, 5.41) is 10.4. The third kappa shape index (κ3) is 4.21. The molecule has 0 bridgehead atoms. The van der Waals surface area contributed by atoms with E-state index in [4.69, 9.17) is 27.9 Å². The van der Waals surface area contributed by atoms with E-state index in [1.807, 2.05) is 30.3 Å². The predicted molar refractivity (Wildman–Crippen MR) is 112 cm³/mol. The number of Topliss-reactive ketones (excluding diaryl/α,β-unsaturated/α-hetero) is 1. The molecule has 1 aliphatic rings. The Hall–Kier alpha value is -3.01. The molecule has 0 amide bonds. The first-order chi connectivity index (χ1) is 13.8. The maximum atomic E-state index is 12.6. The number of para-hydroxylation sites is 2. The lowest BCUT2D eigenvalue weighted by Gasteiger charge is -2.19. The van der Waals surface area contributed by atoms with Crippen molar-refractivity contribution in [2.45, 2.75) is 6.42 Å². The van der Waals surface area contributed by atoms with Crippen LogP contribution in [0.5, 0.6) is 0 Å².